The maximum absolute atomic E-state index is 12.2. The number of likely N-dealkylation sites (tertiary alicyclic amines) is 1. The highest BCUT2D eigenvalue weighted by atomic mass is 16.2. The molecule has 3 N–H and O–H groups in total. The summed E-state index contributed by atoms with van der Waals surface area (Å²) in [5.41, 5.74) is 1.15. The lowest BCUT2D eigenvalue weighted by molar-refractivity contribution is -0.128. The van der Waals surface area contributed by atoms with Gasteiger partial charge in [0, 0.05) is 30.4 Å². The van der Waals surface area contributed by atoms with Gasteiger partial charge in [0.25, 0.3) is 5.91 Å². The molecule has 1 aromatic carbocycles. The summed E-state index contributed by atoms with van der Waals surface area (Å²) in [6.45, 7) is 1.53. The first kappa shape index (κ1) is 18.2. The molecule has 0 aromatic heterocycles. The monoisotopic (exact) mass is 358 g/mol. The van der Waals surface area contributed by atoms with Crippen LogP contribution in [0.1, 0.15) is 48.9 Å². The van der Waals surface area contributed by atoms with Crippen molar-refractivity contribution in [2.24, 2.45) is 0 Å². The Kier molecular flexibility index (Phi) is 6.09. The number of urea groups is 1. The number of nitrogens with zero attached hydrogens (tertiary/aromatic N) is 1. The number of hydrogen-bond acceptors (Lipinski definition) is 3. The first-order valence-corrected chi connectivity index (χ1v) is 9.35. The number of anilines is 1. The number of rotatable bonds is 5. The predicted molar refractivity (Wildman–Crippen MR) is 99.0 cm³/mol. The first-order chi connectivity index (χ1) is 12.6. The Labute approximate surface area is 153 Å². The molecule has 0 radical (unpaired) electrons. The molecule has 0 atom stereocenters. The van der Waals surface area contributed by atoms with Crippen LogP contribution in [0.15, 0.2) is 24.3 Å². The molecule has 2 aliphatic rings. The summed E-state index contributed by atoms with van der Waals surface area (Å²) in [6.07, 6.45) is 6.48. The van der Waals surface area contributed by atoms with Gasteiger partial charge in [0.2, 0.25) is 5.91 Å². The van der Waals surface area contributed by atoms with Crippen LogP contribution < -0.4 is 16.0 Å². The van der Waals surface area contributed by atoms with Gasteiger partial charge in [-0.05, 0) is 49.9 Å². The zero-order chi connectivity index (χ0) is 18.4. The van der Waals surface area contributed by atoms with Gasteiger partial charge in [-0.3, -0.25) is 9.59 Å². The van der Waals surface area contributed by atoms with Crippen LogP contribution in [0.25, 0.3) is 0 Å². The van der Waals surface area contributed by atoms with Crippen LogP contribution in [0.2, 0.25) is 0 Å². The molecule has 0 spiro atoms. The zero-order valence-corrected chi connectivity index (χ0v) is 14.9. The fourth-order valence-corrected chi connectivity index (χ4v) is 3.45. The van der Waals surface area contributed by atoms with Gasteiger partial charge in [-0.1, -0.05) is 12.8 Å². The Hall–Kier alpha value is -2.57. The summed E-state index contributed by atoms with van der Waals surface area (Å²) in [5, 5.41) is 8.28. The van der Waals surface area contributed by atoms with Gasteiger partial charge in [0.05, 0.1) is 6.54 Å². The predicted octanol–water partition coefficient (Wildman–Crippen LogP) is 2.10. The molecule has 1 aliphatic carbocycles. The van der Waals surface area contributed by atoms with Crippen LogP contribution in [-0.2, 0) is 4.79 Å². The quantitative estimate of drug-likeness (QED) is 0.753. The van der Waals surface area contributed by atoms with Crippen molar-refractivity contribution < 1.29 is 14.4 Å². The molecule has 140 valence electrons. The van der Waals surface area contributed by atoms with Crippen molar-refractivity contribution in [2.75, 3.05) is 25.0 Å². The van der Waals surface area contributed by atoms with Crippen LogP contribution >= 0.6 is 0 Å². The van der Waals surface area contributed by atoms with E-state index in [0.29, 0.717) is 11.3 Å². The van der Waals surface area contributed by atoms with Crippen LogP contribution in [0.3, 0.4) is 0 Å². The Balaban J connectivity index is 1.43. The number of amides is 4. The Morgan fingerprint density at radius 1 is 0.962 bits per heavy atom. The van der Waals surface area contributed by atoms with E-state index in [1.54, 1.807) is 29.2 Å². The van der Waals surface area contributed by atoms with Crippen molar-refractivity contribution in [1.82, 2.24) is 15.5 Å². The Bertz CT molecular complexity index is 647. The molecule has 3 rings (SSSR count). The third kappa shape index (κ3) is 4.97. The summed E-state index contributed by atoms with van der Waals surface area (Å²) < 4.78 is 0. The van der Waals surface area contributed by atoms with Crippen LogP contribution in [0.5, 0.6) is 0 Å². The van der Waals surface area contributed by atoms with E-state index in [4.69, 9.17) is 0 Å². The summed E-state index contributed by atoms with van der Waals surface area (Å²) in [7, 11) is 0. The van der Waals surface area contributed by atoms with E-state index in [0.717, 1.165) is 38.8 Å². The van der Waals surface area contributed by atoms with E-state index in [1.165, 1.54) is 12.8 Å². The van der Waals surface area contributed by atoms with E-state index < -0.39 is 6.03 Å². The molecule has 1 aromatic rings. The van der Waals surface area contributed by atoms with Gasteiger partial charge in [-0.15, -0.1) is 0 Å². The van der Waals surface area contributed by atoms with E-state index in [-0.39, 0.29) is 24.4 Å². The summed E-state index contributed by atoms with van der Waals surface area (Å²) in [4.78, 5) is 37.8. The van der Waals surface area contributed by atoms with Crippen LogP contribution in [-0.4, -0.2) is 48.4 Å². The molecule has 0 bridgehead atoms. The molecular formula is C19H26N4O3. The fourth-order valence-electron chi connectivity index (χ4n) is 3.45. The second-order valence-electron chi connectivity index (χ2n) is 6.93. The second kappa shape index (κ2) is 8.69. The molecule has 1 saturated carbocycles. The molecular weight excluding hydrogens is 332 g/mol. The molecule has 7 nitrogen and oxygen atoms in total. The van der Waals surface area contributed by atoms with Crippen molar-refractivity contribution in [3.63, 3.8) is 0 Å². The van der Waals surface area contributed by atoms with Crippen molar-refractivity contribution in [3.05, 3.63) is 29.8 Å². The molecule has 2 fully saturated rings. The molecule has 0 unspecified atom stereocenters. The highest BCUT2D eigenvalue weighted by molar-refractivity contribution is 5.96. The first-order valence-electron chi connectivity index (χ1n) is 9.35. The number of nitrogens with one attached hydrogen (secondary N) is 3. The molecule has 1 heterocycles. The van der Waals surface area contributed by atoms with Gasteiger partial charge < -0.3 is 20.9 Å². The maximum atomic E-state index is 12.2. The lowest BCUT2D eigenvalue weighted by Gasteiger charge is -2.15. The van der Waals surface area contributed by atoms with Crippen molar-refractivity contribution in [2.45, 2.75) is 44.6 Å². The largest absolute Gasteiger partial charge is 0.349 e. The average molecular weight is 358 g/mol. The van der Waals surface area contributed by atoms with Crippen molar-refractivity contribution in [1.29, 1.82) is 0 Å². The lowest BCUT2D eigenvalue weighted by atomic mass is 10.1. The molecule has 4 amide bonds. The maximum Gasteiger partial charge on any atom is 0.319 e. The van der Waals surface area contributed by atoms with E-state index >= 15 is 0 Å². The van der Waals surface area contributed by atoms with E-state index in [1.807, 2.05) is 0 Å². The van der Waals surface area contributed by atoms with Gasteiger partial charge in [-0.25, -0.2) is 4.79 Å². The van der Waals surface area contributed by atoms with Crippen molar-refractivity contribution in [3.8, 4) is 0 Å². The number of hydrogen-bond donors (Lipinski definition) is 3. The molecule has 1 saturated heterocycles. The lowest BCUT2D eigenvalue weighted by Crippen LogP contribution is -2.40. The zero-order valence-electron chi connectivity index (χ0n) is 14.9. The second-order valence-corrected chi connectivity index (χ2v) is 6.93. The van der Waals surface area contributed by atoms with Gasteiger partial charge in [0.1, 0.15) is 0 Å². The van der Waals surface area contributed by atoms with Gasteiger partial charge in [0.15, 0.2) is 0 Å². The minimum Gasteiger partial charge on any atom is -0.349 e. The van der Waals surface area contributed by atoms with Crippen molar-refractivity contribution >= 4 is 23.5 Å². The summed E-state index contributed by atoms with van der Waals surface area (Å²) >= 11 is 0. The highest BCUT2D eigenvalue weighted by Crippen LogP contribution is 2.18. The summed E-state index contributed by atoms with van der Waals surface area (Å²) in [6, 6.07) is 6.60. The normalized spacial score (nSPS) is 17.2. The van der Waals surface area contributed by atoms with E-state index in [9.17, 15) is 14.4 Å². The topological polar surface area (TPSA) is 90.5 Å². The molecule has 1 aliphatic heterocycles. The van der Waals surface area contributed by atoms with Crippen LogP contribution in [0, 0.1) is 0 Å². The Morgan fingerprint density at radius 2 is 1.62 bits per heavy atom. The number of carbonyl (C=O) groups is 3. The third-order valence-electron chi connectivity index (χ3n) is 4.95. The average Bonchev–Trinajstić information content (AvgIpc) is 3.34. The highest BCUT2D eigenvalue weighted by Gasteiger charge is 2.19. The smallest absolute Gasteiger partial charge is 0.319 e. The standard InChI is InChI=1S/C19H26N4O3/c24-17(23-11-3-4-12-23)13-20-19(26)22-16-9-7-14(8-10-16)18(25)21-15-5-1-2-6-15/h7-10,15H,1-6,11-13H2,(H,21,25)(H2,20,22,26). The van der Waals surface area contributed by atoms with Gasteiger partial charge in [-0.2, -0.15) is 0 Å². The van der Waals surface area contributed by atoms with Crippen LogP contribution in [0.4, 0.5) is 10.5 Å². The number of benzene rings is 1. The number of carbonyl (C=O) groups excluding carboxylic acids is 3. The summed E-state index contributed by atoms with van der Waals surface area (Å²) in [5.74, 6) is -0.138. The molecule has 7 heteroatoms. The SMILES string of the molecule is O=C(NCC(=O)N1CCCC1)Nc1ccc(C(=O)NC2CCCC2)cc1. The van der Waals surface area contributed by atoms with Gasteiger partial charge >= 0.3 is 6.03 Å². The minimum absolute atomic E-state index is 0.00624. The Morgan fingerprint density at radius 3 is 2.27 bits per heavy atom. The third-order valence-corrected chi connectivity index (χ3v) is 4.95. The molecule has 26 heavy (non-hydrogen) atoms. The minimum atomic E-state index is -0.430. The fraction of sp³-hybridized carbons (Fsp3) is 0.526. The van der Waals surface area contributed by atoms with E-state index in [2.05, 4.69) is 16.0 Å².